The van der Waals surface area contributed by atoms with Crippen LogP contribution in [0.15, 0.2) is 48.5 Å². The molecule has 1 aliphatic carbocycles. The molecule has 0 heterocycles. The largest absolute Gasteiger partial charge is 0.508 e. The molecular weight excluding hydrogens is 304 g/mol. The van der Waals surface area contributed by atoms with Crippen molar-refractivity contribution in [3.63, 3.8) is 0 Å². The van der Waals surface area contributed by atoms with E-state index in [9.17, 15) is 14.7 Å². The molecule has 0 radical (unpaired) electrons. The summed E-state index contributed by atoms with van der Waals surface area (Å²) in [5, 5.41) is 14.6. The van der Waals surface area contributed by atoms with Crippen LogP contribution < -0.4 is 10.6 Å². The third-order valence-electron chi connectivity index (χ3n) is 4.29. The number of carbonyl (C=O) groups is 2. The van der Waals surface area contributed by atoms with Gasteiger partial charge in [0.15, 0.2) is 0 Å². The third kappa shape index (κ3) is 3.74. The van der Waals surface area contributed by atoms with Crippen LogP contribution in [0.1, 0.15) is 23.5 Å². The molecule has 0 spiro atoms. The van der Waals surface area contributed by atoms with Gasteiger partial charge in [-0.15, -0.1) is 0 Å². The van der Waals surface area contributed by atoms with E-state index in [0.717, 1.165) is 6.42 Å². The van der Waals surface area contributed by atoms with E-state index in [2.05, 4.69) is 16.7 Å². The second-order valence-electron chi connectivity index (χ2n) is 6.12. The molecule has 2 atom stereocenters. The number of nitrogens with one attached hydrogen (secondary N) is 2. The molecule has 2 aromatic rings. The lowest BCUT2D eigenvalue weighted by molar-refractivity contribution is -0.125. The minimum Gasteiger partial charge on any atom is -0.508 e. The molecule has 0 bridgehead atoms. The van der Waals surface area contributed by atoms with Gasteiger partial charge in [-0.25, -0.2) is 0 Å². The predicted molar refractivity (Wildman–Crippen MR) is 91.8 cm³/mol. The van der Waals surface area contributed by atoms with Gasteiger partial charge >= 0.3 is 0 Å². The maximum atomic E-state index is 12.2. The molecule has 1 aliphatic rings. The van der Waals surface area contributed by atoms with Crippen molar-refractivity contribution >= 4 is 17.5 Å². The number of phenols is 1. The summed E-state index contributed by atoms with van der Waals surface area (Å²) in [5.41, 5.74) is 2.99. The van der Waals surface area contributed by atoms with E-state index in [0.29, 0.717) is 5.69 Å². The highest BCUT2D eigenvalue weighted by Gasteiger charge is 2.44. The van der Waals surface area contributed by atoms with Crippen LogP contribution in [0, 0.1) is 12.8 Å². The molecule has 24 heavy (non-hydrogen) atoms. The standard InChI is InChI=1S/C19H20N2O3/c1-12-4-2-3-5-15(12)16-10-17(16)19(24)20-11-18(23)21-13-6-8-14(22)9-7-13/h2-9,16-17,22H,10-11H2,1H3,(H,20,24)(H,21,23)/t16-,17+/m0/s1. The lowest BCUT2D eigenvalue weighted by atomic mass is 10.0. The summed E-state index contributed by atoms with van der Waals surface area (Å²) in [6.45, 7) is 1.99. The SMILES string of the molecule is Cc1ccccc1[C@@H]1C[C@H]1C(=O)NCC(=O)Nc1ccc(O)cc1. The number of rotatable bonds is 5. The molecule has 1 fully saturated rings. The van der Waals surface area contributed by atoms with E-state index in [1.54, 1.807) is 12.1 Å². The summed E-state index contributed by atoms with van der Waals surface area (Å²) in [6, 6.07) is 14.3. The Bertz CT molecular complexity index is 755. The van der Waals surface area contributed by atoms with Crippen molar-refractivity contribution in [3.05, 3.63) is 59.7 Å². The fourth-order valence-corrected chi connectivity index (χ4v) is 2.88. The summed E-state index contributed by atoms with van der Waals surface area (Å²) in [6.07, 6.45) is 0.830. The topological polar surface area (TPSA) is 78.4 Å². The van der Waals surface area contributed by atoms with Gasteiger partial charge < -0.3 is 15.7 Å². The number of aryl methyl sites for hydroxylation is 1. The molecule has 2 aromatic carbocycles. The Balaban J connectivity index is 1.47. The number of hydrogen-bond donors (Lipinski definition) is 3. The van der Waals surface area contributed by atoms with E-state index < -0.39 is 0 Å². The van der Waals surface area contributed by atoms with Crippen molar-refractivity contribution in [2.24, 2.45) is 5.92 Å². The van der Waals surface area contributed by atoms with Crippen molar-refractivity contribution in [3.8, 4) is 5.75 Å². The highest BCUT2D eigenvalue weighted by Crippen LogP contribution is 2.48. The zero-order chi connectivity index (χ0) is 17.1. The smallest absolute Gasteiger partial charge is 0.243 e. The number of amides is 2. The average Bonchev–Trinajstić information content (AvgIpc) is 3.36. The number of aromatic hydroxyl groups is 1. The van der Waals surface area contributed by atoms with E-state index in [1.807, 2.05) is 25.1 Å². The monoisotopic (exact) mass is 324 g/mol. The van der Waals surface area contributed by atoms with Crippen LogP contribution in [0.3, 0.4) is 0 Å². The maximum Gasteiger partial charge on any atom is 0.243 e. The van der Waals surface area contributed by atoms with E-state index in [4.69, 9.17) is 0 Å². The predicted octanol–water partition coefficient (Wildman–Crippen LogP) is 2.56. The van der Waals surface area contributed by atoms with Gasteiger partial charge in [0.1, 0.15) is 5.75 Å². The lowest BCUT2D eigenvalue weighted by Crippen LogP contribution is -2.34. The first-order chi connectivity index (χ1) is 11.5. The fraction of sp³-hybridized carbons (Fsp3) is 0.263. The van der Waals surface area contributed by atoms with E-state index in [-0.39, 0.29) is 35.9 Å². The summed E-state index contributed by atoms with van der Waals surface area (Å²) in [7, 11) is 0. The number of benzene rings is 2. The van der Waals surface area contributed by atoms with Crippen molar-refractivity contribution in [1.29, 1.82) is 0 Å². The molecule has 124 valence electrons. The van der Waals surface area contributed by atoms with E-state index in [1.165, 1.54) is 23.3 Å². The fourth-order valence-electron chi connectivity index (χ4n) is 2.88. The quantitative estimate of drug-likeness (QED) is 0.740. The molecule has 3 rings (SSSR count). The van der Waals surface area contributed by atoms with Gasteiger partial charge in [0, 0.05) is 11.6 Å². The molecular formula is C19H20N2O3. The van der Waals surface area contributed by atoms with Crippen LogP contribution in [-0.2, 0) is 9.59 Å². The Labute approximate surface area is 140 Å². The van der Waals surface area contributed by atoms with Gasteiger partial charge in [0.2, 0.25) is 11.8 Å². The zero-order valence-electron chi connectivity index (χ0n) is 13.5. The number of hydrogen-bond acceptors (Lipinski definition) is 3. The second kappa shape index (κ2) is 6.74. The number of carbonyl (C=O) groups excluding carboxylic acids is 2. The molecule has 3 N–H and O–H groups in total. The Morgan fingerprint density at radius 3 is 2.54 bits per heavy atom. The summed E-state index contributed by atoms with van der Waals surface area (Å²) in [5.74, 6) is -0.0255. The molecule has 5 heteroatoms. The summed E-state index contributed by atoms with van der Waals surface area (Å²) in [4.78, 5) is 24.0. The Hall–Kier alpha value is -2.82. The minimum atomic E-state index is -0.290. The summed E-state index contributed by atoms with van der Waals surface area (Å²) < 4.78 is 0. The maximum absolute atomic E-state index is 12.2. The molecule has 1 saturated carbocycles. The van der Waals surface area contributed by atoms with Crippen molar-refractivity contribution in [1.82, 2.24) is 5.32 Å². The van der Waals surface area contributed by atoms with E-state index >= 15 is 0 Å². The normalized spacial score (nSPS) is 18.7. The van der Waals surface area contributed by atoms with Gasteiger partial charge in [-0.2, -0.15) is 0 Å². The van der Waals surface area contributed by atoms with Gasteiger partial charge in [0.25, 0.3) is 0 Å². The summed E-state index contributed by atoms with van der Waals surface area (Å²) >= 11 is 0. The molecule has 0 saturated heterocycles. The van der Waals surface area contributed by atoms with Gasteiger partial charge in [-0.3, -0.25) is 9.59 Å². The highest BCUT2D eigenvalue weighted by molar-refractivity contribution is 5.95. The molecule has 0 aliphatic heterocycles. The molecule has 5 nitrogen and oxygen atoms in total. The molecule has 0 unspecified atom stereocenters. The van der Waals surface area contributed by atoms with Crippen LogP contribution in [0.2, 0.25) is 0 Å². The third-order valence-corrected chi connectivity index (χ3v) is 4.29. The van der Waals surface area contributed by atoms with Crippen LogP contribution in [0.4, 0.5) is 5.69 Å². The first-order valence-corrected chi connectivity index (χ1v) is 7.96. The number of anilines is 1. The van der Waals surface area contributed by atoms with Crippen molar-refractivity contribution in [2.75, 3.05) is 11.9 Å². The highest BCUT2D eigenvalue weighted by atomic mass is 16.3. The first kappa shape index (κ1) is 16.1. The Kier molecular flexibility index (Phi) is 4.51. The number of phenolic OH excluding ortho intramolecular Hbond substituents is 1. The Morgan fingerprint density at radius 2 is 1.83 bits per heavy atom. The van der Waals surface area contributed by atoms with Crippen molar-refractivity contribution < 1.29 is 14.7 Å². The van der Waals surface area contributed by atoms with Gasteiger partial charge in [-0.1, -0.05) is 24.3 Å². The first-order valence-electron chi connectivity index (χ1n) is 7.96. The van der Waals surface area contributed by atoms with Crippen LogP contribution in [0.25, 0.3) is 0 Å². The second-order valence-corrected chi connectivity index (χ2v) is 6.12. The Morgan fingerprint density at radius 1 is 1.12 bits per heavy atom. The van der Waals surface area contributed by atoms with Crippen molar-refractivity contribution in [2.45, 2.75) is 19.3 Å². The molecule has 0 aromatic heterocycles. The van der Waals surface area contributed by atoms with Crippen LogP contribution in [0.5, 0.6) is 5.75 Å². The minimum absolute atomic E-state index is 0.0485. The van der Waals surface area contributed by atoms with Gasteiger partial charge in [-0.05, 0) is 54.7 Å². The zero-order valence-corrected chi connectivity index (χ0v) is 13.5. The molecule has 2 amide bonds. The lowest BCUT2D eigenvalue weighted by Gasteiger charge is -2.08. The van der Waals surface area contributed by atoms with Crippen LogP contribution in [-0.4, -0.2) is 23.5 Å². The average molecular weight is 324 g/mol. The van der Waals surface area contributed by atoms with Gasteiger partial charge in [0.05, 0.1) is 6.54 Å². The van der Waals surface area contributed by atoms with Crippen LogP contribution >= 0.6 is 0 Å².